The Labute approximate surface area is 185 Å². The third kappa shape index (κ3) is 4.01. The van der Waals surface area contributed by atoms with Crippen molar-refractivity contribution in [3.8, 4) is 5.69 Å². The summed E-state index contributed by atoms with van der Waals surface area (Å²) in [6.07, 6.45) is 3.31. The maximum absolute atomic E-state index is 13.2. The molecule has 30 heavy (non-hydrogen) atoms. The normalized spacial score (nSPS) is 18.7. The molecule has 1 aliphatic heterocycles. The predicted molar refractivity (Wildman–Crippen MR) is 123 cm³/mol. The van der Waals surface area contributed by atoms with Crippen molar-refractivity contribution in [2.75, 3.05) is 17.2 Å². The summed E-state index contributed by atoms with van der Waals surface area (Å²) in [6, 6.07) is 18.4. The Bertz CT molecular complexity index is 1050. The number of anilines is 1. The van der Waals surface area contributed by atoms with Gasteiger partial charge in [-0.05, 0) is 43.5 Å². The summed E-state index contributed by atoms with van der Waals surface area (Å²) >= 11 is 3.34. The Balaban J connectivity index is 1.38. The number of fused-ring (bicyclic) bond motifs is 1. The van der Waals surface area contributed by atoms with Crippen LogP contribution in [0.2, 0.25) is 0 Å². The van der Waals surface area contributed by atoms with Crippen molar-refractivity contribution in [3.05, 3.63) is 60.4 Å². The van der Waals surface area contributed by atoms with Crippen molar-refractivity contribution >= 4 is 35.1 Å². The van der Waals surface area contributed by atoms with Gasteiger partial charge in [0.05, 0.1) is 11.4 Å². The first-order chi connectivity index (χ1) is 14.7. The van der Waals surface area contributed by atoms with Gasteiger partial charge in [-0.1, -0.05) is 49.0 Å². The number of hydrogen-bond acceptors (Lipinski definition) is 5. The molecule has 0 bridgehead atoms. The molecule has 1 amide bonds. The number of benzene rings is 2. The van der Waals surface area contributed by atoms with E-state index in [0.717, 1.165) is 48.2 Å². The predicted octanol–water partition coefficient (Wildman–Crippen LogP) is 5.15. The summed E-state index contributed by atoms with van der Waals surface area (Å²) in [6.45, 7) is 2.98. The van der Waals surface area contributed by atoms with E-state index in [2.05, 4.69) is 46.0 Å². The molecule has 1 aliphatic carbocycles. The van der Waals surface area contributed by atoms with E-state index in [0.29, 0.717) is 16.9 Å². The number of para-hydroxylation sites is 2. The van der Waals surface area contributed by atoms with E-state index in [9.17, 15) is 4.79 Å². The molecule has 2 aromatic carbocycles. The second-order valence-electron chi connectivity index (χ2n) is 7.80. The van der Waals surface area contributed by atoms with Crippen LogP contribution in [0.15, 0.2) is 64.6 Å². The van der Waals surface area contributed by atoms with E-state index in [1.54, 1.807) is 0 Å². The fourth-order valence-electron chi connectivity index (χ4n) is 3.75. The summed E-state index contributed by atoms with van der Waals surface area (Å²) < 4.78 is 2.13. The molecule has 5 rings (SSSR count). The number of amides is 1. The number of nitrogens with zero attached hydrogens (tertiary/aromatic N) is 4. The molecule has 5 nitrogen and oxygen atoms in total. The average Bonchev–Trinajstić information content (AvgIpc) is 3.55. The lowest BCUT2D eigenvalue weighted by atomic mass is 10.2. The van der Waals surface area contributed by atoms with Crippen molar-refractivity contribution in [1.29, 1.82) is 0 Å². The molecule has 1 fully saturated rings. The third-order valence-electron chi connectivity index (χ3n) is 5.48. The largest absolute Gasteiger partial charge is 0.311 e. The van der Waals surface area contributed by atoms with E-state index in [4.69, 9.17) is 0 Å². The quantitative estimate of drug-likeness (QED) is 0.518. The summed E-state index contributed by atoms with van der Waals surface area (Å²) in [5.41, 5.74) is 2.09. The maximum atomic E-state index is 13.2. The van der Waals surface area contributed by atoms with Gasteiger partial charge in [0.25, 0.3) is 0 Å². The molecule has 2 heterocycles. The topological polar surface area (TPSA) is 51.0 Å². The molecule has 0 spiro atoms. The minimum atomic E-state index is 0.123. The second-order valence-corrected chi connectivity index (χ2v) is 10.2. The standard InChI is InChI=1S/C23H24N4OS2/c1-16-13-14-26(19-9-5-6-10-20(19)30-16)21(28)15-29-23-25-24-22(17-11-12-17)27(23)18-7-3-2-4-8-18/h2-10,16-17H,11-15H2,1H3/t16-/m0/s1. The number of aromatic nitrogens is 3. The molecule has 7 heteroatoms. The first kappa shape index (κ1) is 19.7. The molecule has 1 saturated carbocycles. The van der Waals surface area contributed by atoms with E-state index < -0.39 is 0 Å². The van der Waals surface area contributed by atoms with Gasteiger partial charge in [-0.2, -0.15) is 0 Å². The van der Waals surface area contributed by atoms with Gasteiger partial charge in [0.2, 0.25) is 5.91 Å². The highest BCUT2D eigenvalue weighted by Crippen LogP contribution is 2.41. The van der Waals surface area contributed by atoms with Crippen LogP contribution in [0.3, 0.4) is 0 Å². The smallest absolute Gasteiger partial charge is 0.237 e. The van der Waals surface area contributed by atoms with Crippen molar-refractivity contribution < 1.29 is 4.79 Å². The Hall–Kier alpha value is -2.25. The Morgan fingerprint density at radius 2 is 1.83 bits per heavy atom. The van der Waals surface area contributed by atoms with Gasteiger partial charge in [-0.15, -0.1) is 22.0 Å². The van der Waals surface area contributed by atoms with Gasteiger partial charge in [0.1, 0.15) is 5.82 Å². The number of thioether (sulfide) groups is 2. The molecular weight excluding hydrogens is 412 g/mol. The van der Waals surface area contributed by atoms with Crippen molar-refractivity contribution in [3.63, 3.8) is 0 Å². The number of hydrogen-bond donors (Lipinski definition) is 0. The summed E-state index contributed by atoms with van der Waals surface area (Å²) in [4.78, 5) is 16.4. The van der Waals surface area contributed by atoms with Crippen molar-refractivity contribution in [1.82, 2.24) is 14.8 Å². The SMILES string of the molecule is C[C@H]1CCN(C(=O)CSc2nnc(C3CC3)n2-c2ccccc2)c2ccccc2S1. The number of carbonyl (C=O) groups is 1. The summed E-state index contributed by atoms with van der Waals surface area (Å²) in [5.74, 6) is 1.97. The highest BCUT2D eigenvalue weighted by Gasteiger charge is 2.31. The molecule has 1 aromatic heterocycles. The van der Waals surface area contributed by atoms with Crippen LogP contribution in [0.1, 0.15) is 37.9 Å². The van der Waals surface area contributed by atoms with Crippen molar-refractivity contribution in [2.24, 2.45) is 0 Å². The van der Waals surface area contributed by atoms with Crippen LogP contribution in [0, 0.1) is 0 Å². The second kappa shape index (κ2) is 8.47. The third-order valence-corrected chi connectivity index (χ3v) is 7.64. The zero-order valence-corrected chi connectivity index (χ0v) is 18.5. The van der Waals surface area contributed by atoms with Crippen LogP contribution in [0.4, 0.5) is 5.69 Å². The lowest BCUT2D eigenvalue weighted by Crippen LogP contribution is -2.33. The highest BCUT2D eigenvalue weighted by molar-refractivity contribution is 8.00. The lowest BCUT2D eigenvalue weighted by molar-refractivity contribution is -0.116. The molecule has 0 saturated heterocycles. The minimum absolute atomic E-state index is 0.123. The van der Waals surface area contributed by atoms with Gasteiger partial charge < -0.3 is 4.90 Å². The Morgan fingerprint density at radius 3 is 2.63 bits per heavy atom. The molecule has 0 N–H and O–H groups in total. The van der Waals surface area contributed by atoms with E-state index in [1.807, 2.05) is 47.0 Å². The lowest BCUT2D eigenvalue weighted by Gasteiger charge is -2.22. The highest BCUT2D eigenvalue weighted by atomic mass is 32.2. The van der Waals surface area contributed by atoms with Crippen LogP contribution in [-0.2, 0) is 4.79 Å². The monoisotopic (exact) mass is 436 g/mol. The van der Waals surface area contributed by atoms with Crippen LogP contribution >= 0.6 is 23.5 Å². The van der Waals surface area contributed by atoms with Crippen molar-refractivity contribution in [2.45, 2.75) is 47.4 Å². The average molecular weight is 437 g/mol. The molecule has 1 atom stereocenters. The summed E-state index contributed by atoms with van der Waals surface area (Å²) in [5, 5.41) is 10.2. The molecule has 0 radical (unpaired) electrons. The molecule has 2 aliphatic rings. The number of carbonyl (C=O) groups excluding carboxylic acids is 1. The van der Waals surface area contributed by atoms with Crippen LogP contribution in [-0.4, -0.2) is 38.2 Å². The summed E-state index contributed by atoms with van der Waals surface area (Å²) in [7, 11) is 0. The minimum Gasteiger partial charge on any atom is -0.311 e. The fourth-order valence-corrected chi connectivity index (χ4v) is 5.70. The maximum Gasteiger partial charge on any atom is 0.237 e. The van der Waals surface area contributed by atoms with Crippen LogP contribution < -0.4 is 4.90 Å². The number of rotatable bonds is 5. The van der Waals surface area contributed by atoms with Crippen LogP contribution in [0.5, 0.6) is 0 Å². The first-order valence-corrected chi connectivity index (χ1v) is 12.3. The molecular formula is C23H24N4OS2. The Morgan fingerprint density at radius 1 is 1.07 bits per heavy atom. The zero-order valence-electron chi connectivity index (χ0n) is 16.9. The Kier molecular flexibility index (Phi) is 5.56. The van der Waals surface area contributed by atoms with Crippen LogP contribution in [0.25, 0.3) is 5.69 Å². The van der Waals surface area contributed by atoms with Gasteiger partial charge in [0.15, 0.2) is 5.16 Å². The van der Waals surface area contributed by atoms with Gasteiger partial charge in [-0.25, -0.2) is 0 Å². The molecule has 3 aromatic rings. The van der Waals surface area contributed by atoms with Gasteiger partial charge >= 0.3 is 0 Å². The van der Waals surface area contributed by atoms with E-state index >= 15 is 0 Å². The molecule has 154 valence electrons. The molecule has 0 unspecified atom stereocenters. The first-order valence-electron chi connectivity index (χ1n) is 10.4. The van der Waals surface area contributed by atoms with Gasteiger partial charge in [-0.3, -0.25) is 9.36 Å². The van der Waals surface area contributed by atoms with E-state index in [1.165, 1.54) is 16.7 Å². The van der Waals surface area contributed by atoms with E-state index in [-0.39, 0.29) is 5.91 Å². The zero-order chi connectivity index (χ0) is 20.5. The van der Waals surface area contributed by atoms with Gasteiger partial charge in [0, 0.05) is 28.3 Å². The fraction of sp³-hybridized carbons (Fsp3) is 0.348.